The van der Waals surface area contributed by atoms with Crippen LogP contribution in [0.15, 0.2) is 17.2 Å². The Bertz CT molecular complexity index is 423. The zero-order valence-electron chi connectivity index (χ0n) is 7.37. The van der Waals surface area contributed by atoms with E-state index in [9.17, 15) is 5.11 Å². The van der Waals surface area contributed by atoms with Crippen LogP contribution in [0, 0.1) is 0 Å². The number of nitrogens with two attached hydrogens (primary N) is 1. The molecular formula is C8H7Cl2N3OS. The second-order valence-corrected chi connectivity index (χ2v) is 3.81. The lowest BCUT2D eigenvalue weighted by atomic mass is 10.2. The Balaban J connectivity index is 2.90. The van der Waals surface area contributed by atoms with Crippen LogP contribution in [0.1, 0.15) is 5.56 Å². The van der Waals surface area contributed by atoms with Crippen molar-refractivity contribution in [1.29, 1.82) is 0 Å². The highest BCUT2D eigenvalue weighted by Gasteiger charge is 2.04. The van der Waals surface area contributed by atoms with E-state index in [1.807, 2.05) is 0 Å². The van der Waals surface area contributed by atoms with Gasteiger partial charge in [-0.3, -0.25) is 5.43 Å². The molecule has 0 fully saturated rings. The molecule has 0 aliphatic heterocycles. The van der Waals surface area contributed by atoms with Gasteiger partial charge in [0, 0.05) is 5.56 Å². The number of hydrazone groups is 1. The summed E-state index contributed by atoms with van der Waals surface area (Å²) in [5.41, 5.74) is 8.01. The predicted octanol–water partition coefficient (Wildman–Crippen LogP) is 1.87. The number of halogens is 2. The molecule has 0 aromatic heterocycles. The maximum atomic E-state index is 9.31. The van der Waals surface area contributed by atoms with Crippen molar-refractivity contribution in [3.8, 4) is 5.75 Å². The molecule has 0 heterocycles. The molecule has 0 aliphatic rings. The topological polar surface area (TPSA) is 70.6 Å². The largest absolute Gasteiger partial charge is 0.506 e. The summed E-state index contributed by atoms with van der Waals surface area (Å²) < 4.78 is 0. The maximum Gasteiger partial charge on any atom is 0.184 e. The molecule has 4 N–H and O–H groups in total. The molecule has 1 aromatic carbocycles. The van der Waals surface area contributed by atoms with Crippen LogP contribution in [-0.4, -0.2) is 16.4 Å². The van der Waals surface area contributed by atoms with E-state index in [0.29, 0.717) is 10.6 Å². The van der Waals surface area contributed by atoms with Crippen LogP contribution >= 0.6 is 35.4 Å². The van der Waals surface area contributed by atoms with Crippen LogP contribution in [0.3, 0.4) is 0 Å². The number of nitrogens with one attached hydrogen (secondary N) is 1. The zero-order valence-corrected chi connectivity index (χ0v) is 9.70. The molecule has 15 heavy (non-hydrogen) atoms. The summed E-state index contributed by atoms with van der Waals surface area (Å²) >= 11 is 16.0. The van der Waals surface area contributed by atoms with Gasteiger partial charge in [-0.25, -0.2) is 0 Å². The molecule has 0 amide bonds. The van der Waals surface area contributed by atoms with E-state index in [1.165, 1.54) is 18.3 Å². The molecular weight excluding hydrogens is 257 g/mol. The van der Waals surface area contributed by atoms with Crippen LogP contribution < -0.4 is 11.2 Å². The smallest absolute Gasteiger partial charge is 0.184 e. The number of phenols is 1. The van der Waals surface area contributed by atoms with E-state index in [0.717, 1.165) is 0 Å². The molecule has 1 aromatic rings. The summed E-state index contributed by atoms with van der Waals surface area (Å²) in [7, 11) is 0. The minimum absolute atomic E-state index is 0.0422. The van der Waals surface area contributed by atoms with Crippen LogP contribution in [0.5, 0.6) is 5.75 Å². The van der Waals surface area contributed by atoms with Crippen molar-refractivity contribution in [2.24, 2.45) is 10.8 Å². The van der Waals surface area contributed by atoms with E-state index < -0.39 is 0 Å². The van der Waals surface area contributed by atoms with Gasteiger partial charge in [0.25, 0.3) is 0 Å². The van der Waals surface area contributed by atoms with Crippen molar-refractivity contribution in [1.82, 2.24) is 5.43 Å². The molecule has 0 saturated carbocycles. The van der Waals surface area contributed by atoms with Crippen molar-refractivity contribution < 1.29 is 5.11 Å². The monoisotopic (exact) mass is 263 g/mol. The fourth-order valence-corrected chi connectivity index (χ4v) is 1.30. The number of hydrogen-bond acceptors (Lipinski definition) is 3. The minimum atomic E-state index is -0.0714. The third kappa shape index (κ3) is 3.54. The molecule has 0 atom stereocenters. The molecule has 80 valence electrons. The molecule has 7 heteroatoms. The highest BCUT2D eigenvalue weighted by atomic mass is 35.5. The molecule has 0 unspecified atom stereocenters. The first kappa shape index (κ1) is 12.0. The number of aromatic hydroxyl groups is 1. The van der Waals surface area contributed by atoms with E-state index in [-0.39, 0.29) is 15.9 Å². The summed E-state index contributed by atoms with van der Waals surface area (Å²) in [6.45, 7) is 0. The minimum Gasteiger partial charge on any atom is -0.506 e. The third-order valence-electron chi connectivity index (χ3n) is 1.44. The molecule has 0 bridgehead atoms. The van der Waals surface area contributed by atoms with Gasteiger partial charge in [-0.05, 0) is 24.4 Å². The third-order valence-corrected chi connectivity index (χ3v) is 2.17. The Morgan fingerprint density at radius 3 is 2.73 bits per heavy atom. The van der Waals surface area contributed by atoms with Crippen molar-refractivity contribution in [2.45, 2.75) is 0 Å². The van der Waals surface area contributed by atoms with Gasteiger partial charge in [0.05, 0.1) is 16.3 Å². The Morgan fingerprint density at radius 1 is 1.47 bits per heavy atom. The SMILES string of the molecule is NC(=S)NN=Cc1cc(O)c(Cl)cc1Cl. The maximum absolute atomic E-state index is 9.31. The summed E-state index contributed by atoms with van der Waals surface area (Å²) in [5.74, 6) is -0.0714. The highest BCUT2D eigenvalue weighted by Crippen LogP contribution is 2.28. The molecule has 0 saturated heterocycles. The second-order valence-electron chi connectivity index (χ2n) is 2.56. The summed E-state index contributed by atoms with van der Waals surface area (Å²) in [5, 5.41) is 13.6. The van der Waals surface area contributed by atoms with Crippen LogP contribution in [-0.2, 0) is 0 Å². The van der Waals surface area contributed by atoms with Crippen LogP contribution in [0.25, 0.3) is 0 Å². The van der Waals surface area contributed by atoms with E-state index in [1.54, 1.807) is 0 Å². The molecule has 0 aliphatic carbocycles. The summed E-state index contributed by atoms with van der Waals surface area (Å²) in [4.78, 5) is 0. The van der Waals surface area contributed by atoms with Crippen LogP contribution in [0.4, 0.5) is 0 Å². The number of hydrogen-bond donors (Lipinski definition) is 3. The van der Waals surface area contributed by atoms with Gasteiger partial charge in [0.15, 0.2) is 5.11 Å². The predicted molar refractivity (Wildman–Crippen MR) is 65.6 cm³/mol. The number of thiocarbonyl (C=S) groups is 1. The van der Waals surface area contributed by atoms with Crippen molar-refractivity contribution in [2.75, 3.05) is 0 Å². The van der Waals surface area contributed by atoms with Gasteiger partial charge in [-0.2, -0.15) is 5.10 Å². The van der Waals surface area contributed by atoms with Gasteiger partial charge < -0.3 is 10.8 Å². The second kappa shape index (κ2) is 5.16. The Hall–Kier alpha value is -1.04. The first-order chi connectivity index (χ1) is 7.00. The van der Waals surface area contributed by atoms with Gasteiger partial charge >= 0.3 is 0 Å². The lowest BCUT2D eigenvalue weighted by molar-refractivity contribution is 0.475. The quantitative estimate of drug-likeness (QED) is 0.433. The number of nitrogens with zero attached hydrogens (tertiary/aromatic N) is 1. The Labute approximate surface area is 102 Å². The standard InChI is InChI=1S/C8H7Cl2N3OS/c9-5-2-6(10)7(14)1-4(5)3-12-13-8(11)15/h1-3,14H,(H3,11,13,15). The van der Waals surface area contributed by atoms with E-state index in [2.05, 4.69) is 22.7 Å². The average molecular weight is 264 g/mol. The number of benzene rings is 1. The lowest BCUT2D eigenvalue weighted by Gasteiger charge is -2.01. The van der Waals surface area contributed by atoms with Gasteiger partial charge in [0.2, 0.25) is 0 Å². The molecule has 0 radical (unpaired) electrons. The molecule has 4 nitrogen and oxygen atoms in total. The molecule has 1 rings (SSSR count). The normalized spacial score (nSPS) is 10.5. The average Bonchev–Trinajstić information content (AvgIpc) is 2.13. The first-order valence-electron chi connectivity index (χ1n) is 3.77. The molecule has 0 spiro atoms. The highest BCUT2D eigenvalue weighted by molar-refractivity contribution is 7.80. The van der Waals surface area contributed by atoms with E-state index >= 15 is 0 Å². The van der Waals surface area contributed by atoms with Gasteiger partial charge in [-0.15, -0.1) is 0 Å². The fraction of sp³-hybridized carbons (Fsp3) is 0. The first-order valence-corrected chi connectivity index (χ1v) is 4.93. The van der Waals surface area contributed by atoms with Crippen molar-refractivity contribution in [3.63, 3.8) is 0 Å². The zero-order chi connectivity index (χ0) is 11.4. The lowest BCUT2D eigenvalue weighted by Crippen LogP contribution is -2.24. The van der Waals surface area contributed by atoms with Gasteiger partial charge in [0.1, 0.15) is 5.75 Å². The Kier molecular flexibility index (Phi) is 4.14. The van der Waals surface area contributed by atoms with Crippen molar-refractivity contribution in [3.05, 3.63) is 27.7 Å². The summed E-state index contributed by atoms with van der Waals surface area (Å²) in [6, 6.07) is 2.80. The Morgan fingerprint density at radius 2 is 2.13 bits per heavy atom. The van der Waals surface area contributed by atoms with Gasteiger partial charge in [-0.1, -0.05) is 23.2 Å². The fourth-order valence-electron chi connectivity index (χ4n) is 0.818. The van der Waals surface area contributed by atoms with Crippen molar-refractivity contribution >= 4 is 46.7 Å². The van der Waals surface area contributed by atoms with Crippen LogP contribution in [0.2, 0.25) is 10.0 Å². The number of phenolic OH excluding ortho intramolecular Hbond substituents is 1. The summed E-state index contributed by atoms with van der Waals surface area (Å²) in [6.07, 6.45) is 1.37. The van der Waals surface area contributed by atoms with E-state index in [4.69, 9.17) is 28.9 Å². The number of rotatable bonds is 2.